The van der Waals surface area contributed by atoms with E-state index in [1.165, 1.54) is 43.4 Å². The van der Waals surface area contributed by atoms with E-state index in [4.69, 9.17) is 0 Å². The van der Waals surface area contributed by atoms with Crippen LogP contribution in [0, 0.1) is 0 Å². The van der Waals surface area contributed by atoms with E-state index in [9.17, 15) is 10.2 Å². The number of benzene rings is 6. The molecule has 0 saturated carbocycles. The molecule has 0 amide bonds. The molecule has 0 spiro atoms. The minimum Gasteiger partial charge on any atom is -0.386 e. The molecule has 0 fully saturated rings. The molecule has 6 rings (SSSR count). The summed E-state index contributed by atoms with van der Waals surface area (Å²) in [4.78, 5) is 0. The van der Waals surface area contributed by atoms with E-state index in [0.29, 0.717) is 0 Å². The number of hydrogen-bond donors (Lipinski definition) is 2. The molecule has 2 nitrogen and oxygen atoms in total. The minimum absolute atomic E-state index is 0.0266. The second kappa shape index (κ2) is 9.89. The van der Waals surface area contributed by atoms with Gasteiger partial charge in [-0.1, -0.05) is 114 Å². The molecule has 2 heteroatoms. The van der Waals surface area contributed by atoms with Crippen LogP contribution < -0.4 is 0 Å². The zero-order valence-corrected chi connectivity index (χ0v) is 28.0. The zero-order valence-electron chi connectivity index (χ0n) is 28.0. The van der Waals surface area contributed by atoms with Crippen molar-refractivity contribution in [3.8, 4) is 22.3 Å². The molecule has 0 aliphatic carbocycles. The van der Waals surface area contributed by atoms with E-state index < -0.39 is 11.2 Å². The molecule has 0 unspecified atom stereocenters. The molecule has 0 saturated heterocycles. The van der Waals surface area contributed by atoms with Crippen LogP contribution in [0.3, 0.4) is 0 Å². The fourth-order valence-electron chi connectivity index (χ4n) is 6.80. The largest absolute Gasteiger partial charge is 0.386 e. The lowest BCUT2D eigenvalue weighted by molar-refractivity contribution is 0.0785. The molecule has 6 aromatic rings. The molecular weight excluding hydrogens is 536 g/mol. The summed E-state index contributed by atoms with van der Waals surface area (Å²) in [5.41, 5.74) is 6.62. The van der Waals surface area contributed by atoms with Gasteiger partial charge in [-0.15, -0.1) is 0 Å². The summed E-state index contributed by atoms with van der Waals surface area (Å²) in [5, 5.41) is 30.0. The molecule has 0 aliphatic rings. The van der Waals surface area contributed by atoms with Crippen LogP contribution in [0.1, 0.15) is 91.5 Å². The van der Waals surface area contributed by atoms with Gasteiger partial charge in [0, 0.05) is 0 Å². The third kappa shape index (κ3) is 5.09. The Balaban J connectivity index is 1.69. The quantitative estimate of drug-likeness (QED) is 0.203. The van der Waals surface area contributed by atoms with Crippen molar-refractivity contribution >= 4 is 32.3 Å². The Kier molecular flexibility index (Phi) is 6.81. The lowest BCUT2D eigenvalue weighted by atomic mass is 9.78. The Labute approximate surface area is 262 Å². The van der Waals surface area contributed by atoms with Crippen molar-refractivity contribution in [1.82, 2.24) is 0 Å². The first-order valence-electron chi connectivity index (χ1n) is 15.8. The Morgan fingerprint density at radius 3 is 1.09 bits per heavy atom. The maximum Gasteiger partial charge on any atom is 0.0846 e. The van der Waals surface area contributed by atoms with Gasteiger partial charge < -0.3 is 10.2 Å². The van der Waals surface area contributed by atoms with Crippen LogP contribution in [0.15, 0.2) is 84.9 Å². The topological polar surface area (TPSA) is 40.5 Å². The highest BCUT2D eigenvalue weighted by Crippen LogP contribution is 2.47. The van der Waals surface area contributed by atoms with Crippen LogP contribution >= 0.6 is 0 Å². The molecule has 0 radical (unpaired) electrons. The van der Waals surface area contributed by atoms with E-state index in [2.05, 4.69) is 126 Å². The van der Waals surface area contributed by atoms with Crippen LogP contribution in [-0.2, 0) is 22.0 Å². The molecule has 0 heterocycles. The molecule has 226 valence electrons. The smallest absolute Gasteiger partial charge is 0.0846 e. The summed E-state index contributed by atoms with van der Waals surface area (Å²) in [6.45, 7) is 20.8. The second-order valence-electron chi connectivity index (χ2n) is 15.8. The first-order valence-corrected chi connectivity index (χ1v) is 15.8. The van der Waals surface area contributed by atoms with Gasteiger partial charge in [-0.05, 0) is 127 Å². The average molecular weight is 583 g/mol. The normalized spacial score (nSPS) is 13.5. The van der Waals surface area contributed by atoms with Crippen molar-refractivity contribution in [3.63, 3.8) is 0 Å². The van der Waals surface area contributed by atoms with Crippen LogP contribution in [0.5, 0.6) is 0 Å². The molecular formula is C42H46O2. The number of hydrogen-bond acceptors (Lipinski definition) is 2. The van der Waals surface area contributed by atoms with Crippen LogP contribution in [0.2, 0.25) is 0 Å². The third-order valence-corrected chi connectivity index (χ3v) is 9.29. The predicted octanol–water partition coefficient (Wildman–Crippen LogP) is 11.0. The van der Waals surface area contributed by atoms with E-state index in [1.54, 1.807) is 0 Å². The van der Waals surface area contributed by atoms with Gasteiger partial charge in [0.05, 0.1) is 11.2 Å². The fraction of sp³-hybridized carbons (Fsp3) is 0.333. The van der Waals surface area contributed by atoms with Crippen molar-refractivity contribution in [2.75, 3.05) is 0 Å². The summed E-state index contributed by atoms with van der Waals surface area (Å²) >= 11 is 0. The van der Waals surface area contributed by atoms with E-state index >= 15 is 0 Å². The monoisotopic (exact) mass is 582 g/mol. The van der Waals surface area contributed by atoms with Crippen LogP contribution in [0.25, 0.3) is 54.6 Å². The van der Waals surface area contributed by atoms with Crippen molar-refractivity contribution in [3.05, 3.63) is 107 Å². The van der Waals surface area contributed by atoms with E-state index in [-0.39, 0.29) is 10.8 Å². The number of rotatable bonds is 4. The van der Waals surface area contributed by atoms with Gasteiger partial charge in [0.25, 0.3) is 0 Å². The molecule has 0 atom stereocenters. The summed E-state index contributed by atoms with van der Waals surface area (Å²) in [5.74, 6) is 0. The van der Waals surface area contributed by atoms with Gasteiger partial charge in [-0.3, -0.25) is 0 Å². The lowest BCUT2D eigenvalue weighted by Crippen LogP contribution is -2.20. The zero-order chi connectivity index (χ0) is 32.0. The summed E-state index contributed by atoms with van der Waals surface area (Å²) < 4.78 is 0. The van der Waals surface area contributed by atoms with Crippen molar-refractivity contribution in [2.24, 2.45) is 0 Å². The van der Waals surface area contributed by atoms with E-state index in [1.807, 2.05) is 27.7 Å². The molecule has 0 aromatic heterocycles. The Morgan fingerprint density at radius 2 is 0.773 bits per heavy atom. The SMILES string of the molecule is CC(C)(C)c1ccc(-c2cc3cccc4c(-c5ccc(C(C)(C)C)cc5C(C)(C)O)cc5cccc2c5c34)c(C(C)(C)O)c1. The number of aliphatic hydroxyl groups is 2. The van der Waals surface area contributed by atoms with Gasteiger partial charge in [0.1, 0.15) is 0 Å². The fourth-order valence-corrected chi connectivity index (χ4v) is 6.80. The van der Waals surface area contributed by atoms with Crippen molar-refractivity contribution in [2.45, 2.75) is 91.3 Å². The van der Waals surface area contributed by atoms with Gasteiger partial charge in [0.2, 0.25) is 0 Å². The highest BCUT2D eigenvalue weighted by Gasteiger charge is 2.28. The third-order valence-electron chi connectivity index (χ3n) is 9.29. The standard InChI is InChI=1S/C42H46O2/c1-39(2,3)27-17-19-29(35(23-27)41(7,8)43)33-21-25-13-12-16-32-34(22-26-14-11-15-31(33)37(26)38(25)32)30-20-18-28(40(4,5)6)24-36(30)42(9,10)44/h11-24,43-44H,1-10H3. The van der Waals surface area contributed by atoms with Crippen molar-refractivity contribution < 1.29 is 10.2 Å². The first-order chi connectivity index (χ1) is 20.4. The predicted molar refractivity (Wildman–Crippen MR) is 189 cm³/mol. The highest BCUT2D eigenvalue weighted by molar-refractivity contribution is 6.29. The van der Waals surface area contributed by atoms with Gasteiger partial charge in [-0.2, -0.15) is 0 Å². The van der Waals surface area contributed by atoms with E-state index in [0.717, 1.165) is 33.4 Å². The minimum atomic E-state index is -1.01. The van der Waals surface area contributed by atoms with Gasteiger partial charge >= 0.3 is 0 Å². The summed E-state index contributed by atoms with van der Waals surface area (Å²) in [7, 11) is 0. The second-order valence-corrected chi connectivity index (χ2v) is 15.8. The molecule has 2 N–H and O–H groups in total. The van der Waals surface area contributed by atoms with Gasteiger partial charge in [0.15, 0.2) is 0 Å². The molecule has 0 bridgehead atoms. The maximum absolute atomic E-state index is 11.4. The molecule has 6 aromatic carbocycles. The summed E-state index contributed by atoms with van der Waals surface area (Å²) in [6, 6.07) is 30.9. The lowest BCUT2D eigenvalue weighted by Gasteiger charge is -2.28. The van der Waals surface area contributed by atoms with Crippen molar-refractivity contribution in [1.29, 1.82) is 0 Å². The summed E-state index contributed by atoms with van der Waals surface area (Å²) in [6.07, 6.45) is 0. The maximum atomic E-state index is 11.4. The average Bonchev–Trinajstić information content (AvgIpc) is 2.93. The Morgan fingerprint density at radius 1 is 0.409 bits per heavy atom. The Bertz CT molecular complexity index is 1880. The Hall–Kier alpha value is -3.72. The van der Waals surface area contributed by atoms with Crippen LogP contribution in [-0.4, -0.2) is 10.2 Å². The van der Waals surface area contributed by atoms with Gasteiger partial charge in [-0.25, -0.2) is 0 Å². The highest BCUT2D eigenvalue weighted by atomic mass is 16.3. The first kappa shape index (κ1) is 30.3. The van der Waals surface area contributed by atoms with Crippen LogP contribution in [0.4, 0.5) is 0 Å². The molecule has 0 aliphatic heterocycles. The molecule has 44 heavy (non-hydrogen) atoms.